The van der Waals surface area contributed by atoms with E-state index in [9.17, 15) is 18.0 Å². The molecular weight excluding hydrogens is 407 g/mol. The number of fused-ring (bicyclic) bond motifs is 2. The molecule has 0 radical (unpaired) electrons. The van der Waals surface area contributed by atoms with Crippen LogP contribution in [0.3, 0.4) is 0 Å². The van der Waals surface area contributed by atoms with Gasteiger partial charge in [-0.2, -0.15) is 18.4 Å². The predicted octanol–water partition coefficient (Wildman–Crippen LogP) is 3.89. The van der Waals surface area contributed by atoms with Gasteiger partial charge in [0.15, 0.2) is 5.65 Å². The van der Waals surface area contributed by atoms with Gasteiger partial charge in [-0.25, -0.2) is 0 Å². The molecular formula is C22H18F3N5O. The van der Waals surface area contributed by atoms with Crippen molar-refractivity contribution in [3.63, 3.8) is 0 Å². The first-order valence-corrected chi connectivity index (χ1v) is 10.1. The molecule has 1 aliphatic heterocycles. The molecule has 1 amide bonds. The molecule has 5 rings (SSSR count). The summed E-state index contributed by atoms with van der Waals surface area (Å²) in [6, 6.07) is 11.1. The van der Waals surface area contributed by atoms with Crippen molar-refractivity contribution in [2.24, 2.45) is 11.8 Å². The number of pyridine rings is 1. The summed E-state index contributed by atoms with van der Waals surface area (Å²) in [5.74, 6) is 0.0284. The van der Waals surface area contributed by atoms with E-state index in [1.165, 1.54) is 16.7 Å². The van der Waals surface area contributed by atoms with Crippen LogP contribution in [-0.2, 0) is 6.18 Å². The highest BCUT2D eigenvalue weighted by Gasteiger charge is 2.45. The topological polar surface area (TPSA) is 74.3 Å². The number of hydrogen-bond acceptors (Lipinski definition) is 4. The second-order valence-corrected chi connectivity index (χ2v) is 8.27. The lowest BCUT2D eigenvalue weighted by Crippen LogP contribution is -2.31. The maximum atomic E-state index is 13.4. The van der Waals surface area contributed by atoms with Crippen LogP contribution in [0.15, 0.2) is 42.6 Å². The van der Waals surface area contributed by atoms with Gasteiger partial charge in [-0.15, -0.1) is 10.2 Å². The van der Waals surface area contributed by atoms with Crippen molar-refractivity contribution < 1.29 is 18.0 Å². The van der Waals surface area contributed by atoms with Crippen molar-refractivity contribution >= 4 is 11.6 Å². The van der Waals surface area contributed by atoms with Crippen LogP contribution in [0.25, 0.3) is 5.65 Å². The molecule has 0 N–H and O–H groups in total. The highest BCUT2D eigenvalue weighted by molar-refractivity contribution is 5.91. The van der Waals surface area contributed by atoms with Crippen LogP contribution in [0.5, 0.6) is 0 Å². The monoisotopic (exact) mass is 425 g/mol. The second kappa shape index (κ2) is 7.08. The third kappa shape index (κ3) is 3.32. The van der Waals surface area contributed by atoms with E-state index in [2.05, 4.69) is 10.2 Å². The van der Waals surface area contributed by atoms with Crippen molar-refractivity contribution in [2.75, 3.05) is 13.1 Å². The van der Waals surface area contributed by atoms with E-state index in [4.69, 9.17) is 5.26 Å². The molecule has 0 bridgehead atoms. The quantitative estimate of drug-likeness (QED) is 0.625. The number of nitrogens with zero attached hydrogens (tertiary/aromatic N) is 5. The minimum atomic E-state index is -4.37. The minimum absolute atomic E-state index is 0.144. The number of likely N-dealkylation sites (tertiary alicyclic amines) is 1. The summed E-state index contributed by atoms with van der Waals surface area (Å²) in [7, 11) is 0. The number of benzene rings is 1. The predicted molar refractivity (Wildman–Crippen MR) is 104 cm³/mol. The van der Waals surface area contributed by atoms with Gasteiger partial charge in [0, 0.05) is 19.3 Å². The van der Waals surface area contributed by atoms with E-state index < -0.39 is 11.7 Å². The van der Waals surface area contributed by atoms with Crippen LogP contribution in [0, 0.1) is 23.2 Å². The fourth-order valence-electron chi connectivity index (χ4n) is 5.08. The SMILES string of the molecule is N#Cc1ccc2nnc(C(=O)N3C[C@H]4CC(c5ccccc5C(F)(F)F)C[C@H]4C3)n2c1. The maximum Gasteiger partial charge on any atom is 0.416 e. The molecule has 3 heterocycles. The zero-order chi connectivity index (χ0) is 21.8. The Kier molecular flexibility index (Phi) is 4.46. The number of carbonyl (C=O) groups excluding carboxylic acids is 1. The van der Waals surface area contributed by atoms with Crippen molar-refractivity contribution in [1.29, 1.82) is 5.26 Å². The number of halogens is 3. The Hall–Kier alpha value is -3.41. The van der Waals surface area contributed by atoms with Crippen molar-refractivity contribution in [2.45, 2.75) is 24.9 Å². The van der Waals surface area contributed by atoms with Crippen molar-refractivity contribution in [3.05, 3.63) is 65.1 Å². The first-order chi connectivity index (χ1) is 14.8. The largest absolute Gasteiger partial charge is 0.416 e. The molecule has 1 unspecified atom stereocenters. The number of aromatic nitrogens is 3. The summed E-state index contributed by atoms with van der Waals surface area (Å²) in [4.78, 5) is 14.8. The van der Waals surface area contributed by atoms with Crippen molar-refractivity contribution in [3.8, 4) is 6.07 Å². The van der Waals surface area contributed by atoms with Gasteiger partial charge in [-0.3, -0.25) is 9.20 Å². The molecule has 0 spiro atoms. The van der Waals surface area contributed by atoms with Gasteiger partial charge in [0.25, 0.3) is 5.91 Å². The number of amides is 1. The number of rotatable bonds is 2. The van der Waals surface area contributed by atoms with Gasteiger partial charge in [-0.05, 0) is 54.4 Å². The van der Waals surface area contributed by atoms with Crippen LogP contribution in [-0.4, -0.2) is 38.5 Å². The minimum Gasteiger partial charge on any atom is -0.335 e. The molecule has 9 heteroatoms. The van der Waals surface area contributed by atoms with E-state index in [1.54, 1.807) is 29.2 Å². The highest BCUT2D eigenvalue weighted by Crippen LogP contribution is 2.49. The molecule has 6 nitrogen and oxygen atoms in total. The number of alkyl halides is 3. The molecule has 2 fully saturated rings. The Morgan fingerprint density at radius 3 is 2.45 bits per heavy atom. The fraction of sp³-hybridized carbons (Fsp3) is 0.364. The van der Waals surface area contributed by atoms with Gasteiger partial charge in [0.05, 0.1) is 11.1 Å². The molecule has 1 saturated carbocycles. The van der Waals surface area contributed by atoms with Crippen LogP contribution in [0.4, 0.5) is 13.2 Å². The van der Waals surface area contributed by atoms with E-state index in [1.807, 2.05) is 6.07 Å². The molecule has 3 atom stereocenters. The Morgan fingerprint density at radius 2 is 1.77 bits per heavy atom. The maximum absolute atomic E-state index is 13.4. The molecule has 1 aromatic carbocycles. The summed E-state index contributed by atoms with van der Waals surface area (Å²) in [5.41, 5.74) is 0.669. The molecule has 1 saturated heterocycles. The van der Waals surface area contributed by atoms with Gasteiger partial charge in [0.2, 0.25) is 5.82 Å². The third-order valence-corrected chi connectivity index (χ3v) is 6.47. The molecule has 3 aromatic rings. The van der Waals surface area contributed by atoms with Crippen LogP contribution in [0.1, 0.15) is 46.1 Å². The lowest BCUT2D eigenvalue weighted by atomic mass is 9.91. The van der Waals surface area contributed by atoms with Gasteiger partial charge in [-0.1, -0.05) is 18.2 Å². The number of carbonyl (C=O) groups is 1. The van der Waals surface area contributed by atoms with E-state index in [0.717, 1.165) is 6.07 Å². The van der Waals surface area contributed by atoms with Gasteiger partial charge < -0.3 is 4.90 Å². The Labute approximate surface area is 175 Å². The molecule has 2 aliphatic rings. The lowest BCUT2D eigenvalue weighted by molar-refractivity contribution is -0.138. The molecule has 2 aromatic heterocycles. The molecule has 31 heavy (non-hydrogen) atoms. The van der Waals surface area contributed by atoms with Crippen LogP contribution in [0.2, 0.25) is 0 Å². The Balaban J connectivity index is 1.33. The second-order valence-electron chi connectivity index (χ2n) is 8.27. The first kappa shape index (κ1) is 19.5. The van der Waals surface area contributed by atoms with Crippen LogP contribution >= 0.6 is 0 Å². The molecule has 1 aliphatic carbocycles. The fourth-order valence-corrected chi connectivity index (χ4v) is 5.08. The average molecular weight is 425 g/mol. The third-order valence-electron chi connectivity index (χ3n) is 6.47. The standard InChI is InChI=1S/C22H18F3N5O/c23-22(24,25)18-4-2-1-3-17(18)14-7-15-11-29(12-16(15)8-14)21(31)20-28-27-19-6-5-13(9-26)10-30(19)20/h1-6,10,14-16H,7-8,11-12H2/t14?,15-,16+. The summed E-state index contributed by atoms with van der Waals surface area (Å²) in [6.45, 7) is 0.974. The summed E-state index contributed by atoms with van der Waals surface area (Å²) < 4.78 is 41.7. The Bertz CT molecular complexity index is 1200. The highest BCUT2D eigenvalue weighted by atomic mass is 19.4. The summed E-state index contributed by atoms with van der Waals surface area (Å²) >= 11 is 0. The molecule has 158 valence electrons. The van der Waals surface area contributed by atoms with Gasteiger partial charge >= 0.3 is 6.18 Å². The first-order valence-electron chi connectivity index (χ1n) is 10.1. The van der Waals surface area contributed by atoms with E-state index >= 15 is 0 Å². The van der Waals surface area contributed by atoms with Gasteiger partial charge in [0.1, 0.15) is 6.07 Å². The average Bonchev–Trinajstić information content (AvgIpc) is 3.45. The normalized spacial score (nSPS) is 23.2. The van der Waals surface area contributed by atoms with E-state index in [0.29, 0.717) is 42.7 Å². The smallest absolute Gasteiger partial charge is 0.335 e. The summed E-state index contributed by atoms with van der Waals surface area (Å²) in [6.07, 6.45) is -1.59. The number of nitriles is 1. The van der Waals surface area contributed by atoms with Crippen molar-refractivity contribution in [1.82, 2.24) is 19.5 Å². The van der Waals surface area contributed by atoms with Crippen LogP contribution < -0.4 is 0 Å². The summed E-state index contributed by atoms with van der Waals surface area (Å²) in [5, 5.41) is 17.1. The zero-order valence-electron chi connectivity index (χ0n) is 16.4. The Morgan fingerprint density at radius 1 is 1.06 bits per heavy atom. The number of hydrogen-bond donors (Lipinski definition) is 0. The lowest BCUT2D eigenvalue weighted by Gasteiger charge is -2.21. The van der Waals surface area contributed by atoms with E-state index in [-0.39, 0.29) is 29.5 Å². The zero-order valence-corrected chi connectivity index (χ0v) is 16.4.